The average molecular weight is 347 g/mol. The number of nitrogens with one attached hydrogen (secondary N) is 3. The minimum atomic E-state index is -0.776. The number of carbonyl (C=O) groups excluding carboxylic acids is 3. The fourth-order valence-corrected chi connectivity index (χ4v) is 2.98. The van der Waals surface area contributed by atoms with E-state index in [-0.39, 0.29) is 36.8 Å². The van der Waals surface area contributed by atoms with Gasteiger partial charge in [-0.05, 0) is 45.6 Å². The third kappa shape index (κ3) is 4.35. The first kappa shape index (κ1) is 19.7. The molecule has 1 heterocycles. The summed E-state index contributed by atoms with van der Waals surface area (Å²) < 4.78 is 0. The number of nitrogens with zero attached hydrogens (tertiary/aromatic N) is 1. The number of carbonyl (C=O) groups is 3. The van der Waals surface area contributed by atoms with Crippen LogP contribution >= 0.6 is 12.4 Å². The van der Waals surface area contributed by atoms with E-state index in [1.165, 1.54) is 0 Å². The van der Waals surface area contributed by atoms with Gasteiger partial charge in [-0.25, -0.2) is 4.79 Å². The van der Waals surface area contributed by atoms with E-state index in [0.717, 1.165) is 17.7 Å². The van der Waals surface area contributed by atoms with Crippen molar-refractivity contribution in [3.8, 4) is 0 Å². The van der Waals surface area contributed by atoms with Gasteiger partial charge in [-0.2, -0.15) is 0 Å². The van der Waals surface area contributed by atoms with Gasteiger partial charge in [-0.1, -0.05) is 6.92 Å². The predicted octanol–water partition coefficient (Wildman–Crippen LogP) is 0.633. The molecule has 3 N–H and O–H groups in total. The molecule has 2 rings (SSSR count). The summed E-state index contributed by atoms with van der Waals surface area (Å²) in [5, 5.41) is 8.55. The number of amides is 4. The van der Waals surface area contributed by atoms with Gasteiger partial charge in [0, 0.05) is 12.6 Å². The van der Waals surface area contributed by atoms with Crippen LogP contribution in [-0.2, 0) is 9.59 Å². The highest BCUT2D eigenvalue weighted by Crippen LogP contribution is 2.36. The van der Waals surface area contributed by atoms with Crippen molar-refractivity contribution in [1.29, 1.82) is 0 Å². The predicted molar refractivity (Wildman–Crippen MR) is 89.4 cm³/mol. The lowest BCUT2D eigenvalue weighted by Gasteiger charge is -2.33. The SMILES string of the molecule is CNC(C)CNC(=O)CN1C(=O)NC2(CCC(C)CC2)C1=O.Cl. The Labute approximate surface area is 143 Å². The lowest BCUT2D eigenvalue weighted by molar-refractivity contribution is -0.136. The molecule has 1 aliphatic heterocycles. The maximum Gasteiger partial charge on any atom is 0.325 e. The molecule has 0 aromatic heterocycles. The molecule has 4 amide bonds. The normalized spacial score (nSPS) is 28.3. The van der Waals surface area contributed by atoms with Gasteiger partial charge in [0.2, 0.25) is 5.91 Å². The molecule has 0 aromatic carbocycles. The molecule has 0 bridgehead atoms. The summed E-state index contributed by atoms with van der Waals surface area (Å²) in [5.74, 6) is 0.0174. The zero-order chi connectivity index (χ0) is 16.3. The standard InChI is InChI=1S/C15H26N4O3.ClH/c1-10-4-6-15(7-5-10)13(21)19(14(22)18-15)9-12(20)17-8-11(2)16-3;/h10-11,16H,4-9H2,1-3H3,(H,17,20)(H,18,22);1H. The van der Waals surface area contributed by atoms with Gasteiger partial charge in [0.1, 0.15) is 12.1 Å². The van der Waals surface area contributed by atoms with Crippen molar-refractivity contribution >= 4 is 30.3 Å². The monoisotopic (exact) mass is 346 g/mol. The van der Waals surface area contributed by atoms with Gasteiger partial charge in [0.25, 0.3) is 5.91 Å². The first-order chi connectivity index (χ1) is 10.4. The first-order valence-corrected chi connectivity index (χ1v) is 7.96. The highest BCUT2D eigenvalue weighted by molar-refractivity contribution is 6.09. The van der Waals surface area contributed by atoms with Crippen LogP contribution in [0.25, 0.3) is 0 Å². The van der Waals surface area contributed by atoms with Crippen LogP contribution in [0.15, 0.2) is 0 Å². The topological polar surface area (TPSA) is 90.5 Å². The van der Waals surface area contributed by atoms with Crippen LogP contribution in [0.5, 0.6) is 0 Å². The zero-order valence-corrected chi connectivity index (χ0v) is 14.8. The Morgan fingerprint density at radius 2 is 2.00 bits per heavy atom. The van der Waals surface area contributed by atoms with Crippen molar-refractivity contribution in [3.05, 3.63) is 0 Å². The van der Waals surface area contributed by atoms with Gasteiger partial charge >= 0.3 is 6.03 Å². The number of rotatable bonds is 5. The summed E-state index contributed by atoms with van der Waals surface area (Å²) in [6.07, 6.45) is 3.17. The summed E-state index contributed by atoms with van der Waals surface area (Å²) in [7, 11) is 1.81. The molecule has 2 aliphatic rings. The van der Waals surface area contributed by atoms with E-state index in [1.807, 2.05) is 14.0 Å². The van der Waals surface area contributed by atoms with Gasteiger partial charge in [-0.15, -0.1) is 12.4 Å². The summed E-state index contributed by atoms with van der Waals surface area (Å²) in [4.78, 5) is 37.6. The lowest BCUT2D eigenvalue weighted by atomic mass is 9.77. The molecule has 1 saturated heterocycles. The first-order valence-electron chi connectivity index (χ1n) is 7.96. The van der Waals surface area contributed by atoms with E-state index in [4.69, 9.17) is 0 Å². The Bertz CT molecular complexity index is 464. The Morgan fingerprint density at radius 3 is 2.57 bits per heavy atom. The van der Waals surface area contributed by atoms with Crippen LogP contribution in [0.1, 0.15) is 39.5 Å². The zero-order valence-electron chi connectivity index (χ0n) is 14.0. The Hall–Kier alpha value is -1.34. The molecule has 1 aliphatic carbocycles. The summed E-state index contributed by atoms with van der Waals surface area (Å²) >= 11 is 0. The second-order valence-corrected chi connectivity index (χ2v) is 6.58. The number of imide groups is 1. The van der Waals surface area contributed by atoms with E-state index in [0.29, 0.717) is 25.3 Å². The molecule has 132 valence electrons. The Morgan fingerprint density at radius 1 is 1.39 bits per heavy atom. The van der Waals surface area contributed by atoms with Crippen molar-refractivity contribution in [3.63, 3.8) is 0 Å². The van der Waals surface area contributed by atoms with Crippen molar-refractivity contribution in [2.75, 3.05) is 20.1 Å². The molecule has 1 spiro atoms. The Kier molecular flexibility index (Phi) is 6.83. The van der Waals surface area contributed by atoms with E-state index in [2.05, 4.69) is 22.9 Å². The molecule has 8 heteroatoms. The fourth-order valence-electron chi connectivity index (χ4n) is 2.98. The molecule has 1 atom stereocenters. The van der Waals surface area contributed by atoms with Crippen LogP contribution in [0.2, 0.25) is 0 Å². The second-order valence-electron chi connectivity index (χ2n) is 6.58. The smallest absolute Gasteiger partial charge is 0.325 e. The summed E-state index contributed by atoms with van der Waals surface area (Å²) in [5.41, 5.74) is -0.776. The number of hydrogen-bond acceptors (Lipinski definition) is 4. The third-order valence-corrected chi connectivity index (χ3v) is 4.77. The van der Waals surface area contributed by atoms with Crippen LogP contribution in [0.3, 0.4) is 0 Å². The van der Waals surface area contributed by atoms with Crippen LogP contribution in [0.4, 0.5) is 4.79 Å². The van der Waals surface area contributed by atoms with Gasteiger partial charge in [0.05, 0.1) is 0 Å². The Balaban J connectivity index is 0.00000264. The van der Waals surface area contributed by atoms with Gasteiger partial charge < -0.3 is 16.0 Å². The van der Waals surface area contributed by atoms with Crippen molar-refractivity contribution < 1.29 is 14.4 Å². The molecule has 23 heavy (non-hydrogen) atoms. The maximum atomic E-state index is 12.6. The number of urea groups is 1. The van der Waals surface area contributed by atoms with Crippen molar-refractivity contribution in [2.24, 2.45) is 5.92 Å². The van der Waals surface area contributed by atoms with Crippen LogP contribution in [0, 0.1) is 5.92 Å². The lowest BCUT2D eigenvalue weighted by Crippen LogP contribution is -2.50. The summed E-state index contributed by atoms with van der Waals surface area (Å²) in [6.45, 7) is 4.34. The quantitative estimate of drug-likeness (QED) is 0.637. The van der Waals surface area contributed by atoms with E-state index in [9.17, 15) is 14.4 Å². The molecular weight excluding hydrogens is 320 g/mol. The molecule has 1 saturated carbocycles. The average Bonchev–Trinajstić information content (AvgIpc) is 2.72. The highest BCUT2D eigenvalue weighted by atomic mass is 35.5. The fraction of sp³-hybridized carbons (Fsp3) is 0.800. The largest absolute Gasteiger partial charge is 0.353 e. The highest BCUT2D eigenvalue weighted by Gasteiger charge is 2.52. The summed E-state index contributed by atoms with van der Waals surface area (Å²) in [6, 6.07) is -0.311. The minimum Gasteiger partial charge on any atom is -0.353 e. The number of hydrogen-bond donors (Lipinski definition) is 3. The van der Waals surface area contributed by atoms with E-state index in [1.54, 1.807) is 0 Å². The second kappa shape index (κ2) is 7.97. The third-order valence-electron chi connectivity index (χ3n) is 4.77. The molecule has 7 nitrogen and oxygen atoms in total. The van der Waals surface area contributed by atoms with Gasteiger partial charge in [-0.3, -0.25) is 14.5 Å². The van der Waals surface area contributed by atoms with Gasteiger partial charge in [0.15, 0.2) is 0 Å². The molecule has 0 aromatic rings. The maximum absolute atomic E-state index is 12.6. The van der Waals surface area contributed by atoms with Crippen LogP contribution in [-0.4, -0.2) is 54.5 Å². The molecule has 2 fully saturated rings. The molecule has 1 unspecified atom stereocenters. The van der Waals surface area contributed by atoms with Crippen LogP contribution < -0.4 is 16.0 Å². The van der Waals surface area contributed by atoms with Crippen molar-refractivity contribution in [1.82, 2.24) is 20.9 Å². The van der Waals surface area contributed by atoms with E-state index >= 15 is 0 Å². The van der Waals surface area contributed by atoms with E-state index < -0.39 is 11.6 Å². The van der Waals surface area contributed by atoms with Crippen molar-refractivity contribution in [2.45, 2.75) is 51.1 Å². The number of likely N-dealkylation sites (N-methyl/N-ethyl adjacent to an activating group) is 1. The molecular formula is C15H27ClN4O3. The molecule has 0 radical (unpaired) electrons. The minimum absolute atomic E-state index is 0. The number of halogens is 1.